The lowest BCUT2D eigenvalue weighted by Gasteiger charge is -2.16. The highest BCUT2D eigenvalue weighted by atomic mass is 35.5. The molecule has 104 valence electrons. The third-order valence-corrected chi connectivity index (χ3v) is 4.80. The number of carbonyl (C=O) groups is 1. The van der Waals surface area contributed by atoms with Gasteiger partial charge in [-0.1, -0.05) is 11.6 Å². The minimum Gasteiger partial charge on any atom is -0.285 e. The normalized spacial score (nSPS) is 14.9. The van der Waals surface area contributed by atoms with Gasteiger partial charge in [0.05, 0.1) is 11.9 Å². The molecule has 0 bridgehead atoms. The van der Waals surface area contributed by atoms with Gasteiger partial charge in [-0.3, -0.25) is 9.69 Å². The SMILES string of the molecule is CC(=O)N(c1nc(/C=C/c2ncc(Cl)s2)cs1)C1CC1. The topological polar surface area (TPSA) is 46.1 Å². The summed E-state index contributed by atoms with van der Waals surface area (Å²) in [5.74, 6) is 0.0593. The highest BCUT2D eigenvalue weighted by Gasteiger charge is 2.33. The van der Waals surface area contributed by atoms with E-state index >= 15 is 0 Å². The molecule has 0 unspecified atom stereocenters. The minimum atomic E-state index is 0.0593. The molecule has 0 aliphatic heterocycles. The van der Waals surface area contributed by atoms with Gasteiger partial charge in [0, 0.05) is 18.3 Å². The molecule has 3 rings (SSSR count). The number of halogens is 1. The Labute approximate surface area is 129 Å². The molecule has 2 heterocycles. The van der Waals surface area contributed by atoms with Crippen LogP contribution in [0.2, 0.25) is 4.34 Å². The van der Waals surface area contributed by atoms with Crippen molar-refractivity contribution in [2.24, 2.45) is 0 Å². The smallest absolute Gasteiger partial charge is 0.225 e. The van der Waals surface area contributed by atoms with Crippen molar-refractivity contribution in [1.29, 1.82) is 0 Å². The second-order valence-electron chi connectivity index (χ2n) is 4.51. The van der Waals surface area contributed by atoms with Crippen LogP contribution in [-0.2, 0) is 4.79 Å². The zero-order valence-corrected chi connectivity index (χ0v) is 13.1. The fraction of sp³-hybridized carbons (Fsp3) is 0.308. The molecule has 0 radical (unpaired) electrons. The lowest BCUT2D eigenvalue weighted by Crippen LogP contribution is -2.30. The largest absolute Gasteiger partial charge is 0.285 e. The fourth-order valence-electron chi connectivity index (χ4n) is 1.84. The first kappa shape index (κ1) is 13.7. The van der Waals surface area contributed by atoms with Gasteiger partial charge in [0.25, 0.3) is 0 Å². The van der Waals surface area contributed by atoms with E-state index in [0.29, 0.717) is 10.4 Å². The molecule has 7 heteroatoms. The number of rotatable bonds is 4. The molecule has 1 saturated carbocycles. The van der Waals surface area contributed by atoms with Crippen molar-refractivity contribution in [3.63, 3.8) is 0 Å². The van der Waals surface area contributed by atoms with Crippen LogP contribution in [0.25, 0.3) is 12.2 Å². The average Bonchev–Trinajstić information content (AvgIpc) is 2.95. The van der Waals surface area contributed by atoms with Gasteiger partial charge < -0.3 is 0 Å². The van der Waals surface area contributed by atoms with Crippen LogP contribution < -0.4 is 4.90 Å². The average molecular weight is 326 g/mol. The molecule has 2 aromatic heterocycles. The van der Waals surface area contributed by atoms with Crippen molar-refractivity contribution in [3.8, 4) is 0 Å². The van der Waals surface area contributed by atoms with E-state index in [2.05, 4.69) is 9.97 Å². The van der Waals surface area contributed by atoms with Crippen LogP contribution in [0, 0.1) is 0 Å². The van der Waals surface area contributed by atoms with Crippen molar-refractivity contribution < 1.29 is 4.79 Å². The van der Waals surface area contributed by atoms with E-state index < -0.39 is 0 Å². The number of hydrogen-bond donors (Lipinski definition) is 0. The molecule has 20 heavy (non-hydrogen) atoms. The minimum absolute atomic E-state index is 0.0593. The molecule has 0 saturated heterocycles. The summed E-state index contributed by atoms with van der Waals surface area (Å²) in [7, 11) is 0. The van der Waals surface area contributed by atoms with Crippen LogP contribution in [-0.4, -0.2) is 21.9 Å². The van der Waals surface area contributed by atoms with Gasteiger partial charge in [-0.15, -0.1) is 22.7 Å². The number of amides is 1. The Morgan fingerprint density at radius 3 is 2.90 bits per heavy atom. The third kappa shape index (κ3) is 3.08. The zero-order chi connectivity index (χ0) is 14.1. The molecule has 0 spiro atoms. The Hall–Kier alpha value is -1.24. The molecule has 1 fully saturated rings. The Morgan fingerprint density at radius 1 is 1.50 bits per heavy atom. The maximum Gasteiger partial charge on any atom is 0.225 e. The van der Waals surface area contributed by atoms with Gasteiger partial charge >= 0.3 is 0 Å². The third-order valence-electron chi connectivity index (χ3n) is 2.86. The number of nitrogens with zero attached hydrogens (tertiary/aromatic N) is 3. The van der Waals surface area contributed by atoms with Crippen molar-refractivity contribution in [3.05, 3.63) is 26.6 Å². The number of hydrogen-bond acceptors (Lipinski definition) is 5. The quantitative estimate of drug-likeness (QED) is 0.855. The Morgan fingerprint density at radius 2 is 2.30 bits per heavy atom. The summed E-state index contributed by atoms with van der Waals surface area (Å²) in [5, 5.41) is 3.56. The highest BCUT2D eigenvalue weighted by molar-refractivity contribution is 7.16. The Kier molecular flexibility index (Phi) is 3.87. The molecule has 2 aromatic rings. The summed E-state index contributed by atoms with van der Waals surface area (Å²) in [6.07, 6.45) is 7.54. The number of anilines is 1. The van der Waals surface area contributed by atoms with Gasteiger partial charge in [-0.2, -0.15) is 0 Å². The number of aromatic nitrogens is 2. The van der Waals surface area contributed by atoms with E-state index in [9.17, 15) is 4.79 Å². The molecule has 4 nitrogen and oxygen atoms in total. The molecule has 1 amide bonds. The monoisotopic (exact) mass is 325 g/mol. The first-order valence-electron chi connectivity index (χ1n) is 6.18. The van der Waals surface area contributed by atoms with Gasteiger partial charge in [0.15, 0.2) is 5.13 Å². The maximum absolute atomic E-state index is 11.7. The first-order chi connectivity index (χ1) is 9.63. The molecule has 0 N–H and O–H groups in total. The summed E-state index contributed by atoms with van der Waals surface area (Å²) in [6.45, 7) is 1.59. The molecular formula is C13H12ClN3OS2. The van der Waals surface area contributed by atoms with Crippen LogP contribution in [0.1, 0.15) is 30.5 Å². The van der Waals surface area contributed by atoms with Gasteiger partial charge in [0.1, 0.15) is 9.34 Å². The van der Waals surface area contributed by atoms with E-state index in [-0.39, 0.29) is 5.91 Å². The molecule has 1 aliphatic rings. The Bertz CT molecular complexity index is 660. The summed E-state index contributed by atoms with van der Waals surface area (Å²) in [4.78, 5) is 22.1. The van der Waals surface area contributed by atoms with E-state index in [1.54, 1.807) is 18.0 Å². The van der Waals surface area contributed by atoms with Gasteiger partial charge in [0.2, 0.25) is 5.91 Å². The van der Waals surface area contributed by atoms with Crippen LogP contribution in [0.5, 0.6) is 0 Å². The van der Waals surface area contributed by atoms with Crippen LogP contribution in [0.4, 0.5) is 5.13 Å². The number of carbonyl (C=O) groups excluding carboxylic acids is 1. The van der Waals surface area contributed by atoms with Crippen LogP contribution in [0.3, 0.4) is 0 Å². The lowest BCUT2D eigenvalue weighted by atomic mass is 10.4. The van der Waals surface area contributed by atoms with Crippen molar-refractivity contribution in [1.82, 2.24) is 9.97 Å². The molecule has 0 aromatic carbocycles. The van der Waals surface area contributed by atoms with Gasteiger partial charge in [-0.05, 0) is 25.0 Å². The first-order valence-corrected chi connectivity index (χ1v) is 8.25. The van der Waals surface area contributed by atoms with E-state index in [1.807, 2.05) is 17.5 Å². The van der Waals surface area contributed by atoms with E-state index in [1.165, 1.54) is 22.7 Å². The van der Waals surface area contributed by atoms with Crippen LogP contribution in [0.15, 0.2) is 11.6 Å². The second-order valence-corrected chi connectivity index (χ2v) is 7.04. The summed E-state index contributed by atoms with van der Waals surface area (Å²) >= 11 is 8.74. The van der Waals surface area contributed by atoms with Crippen molar-refractivity contribution in [2.45, 2.75) is 25.8 Å². The van der Waals surface area contributed by atoms with E-state index in [4.69, 9.17) is 11.6 Å². The standard InChI is InChI=1S/C13H12ClN3OS2/c1-8(18)17(10-3-4-10)13-16-9(7-19-13)2-5-12-15-6-11(14)20-12/h2,5-7,10H,3-4H2,1H3/b5-2+. The van der Waals surface area contributed by atoms with Gasteiger partial charge in [-0.25, -0.2) is 9.97 Å². The fourth-order valence-corrected chi connectivity index (χ4v) is 3.58. The molecular weight excluding hydrogens is 314 g/mol. The van der Waals surface area contributed by atoms with E-state index in [0.717, 1.165) is 28.7 Å². The van der Waals surface area contributed by atoms with Crippen molar-refractivity contribution >= 4 is 57.5 Å². The highest BCUT2D eigenvalue weighted by Crippen LogP contribution is 2.33. The second kappa shape index (κ2) is 5.63. The molecule has 0 atom stereocenters. The maximum atomic E-state index is 11.7. The summed E-state index contributed by atoms with van der Waals surface area (Å²) in [6, 6.07) is 0.341. The predicted molar refractivity (Wildman–Crippen MR) is 84.3 cm³/mol. The number of thiazole rings is 2. The molecule has 1 aliphatic carbocycles. The van der Waals surface area contributed by atoms with Crippen LogP contribution >= 0.6 is 34.3 Å². The summed E-state index contributed by atoms with van der Waals surface area (Å²) in [5.41, 5.74) is 0.836. The predicted octanol–water partition coefficient (Wildman–Crippen LogP) is 3.94. The zero-order valence-electron chi connectivity index (χ0n) is 10.7. The lowest BCUT2D eigenvalue weighted by molar-refractivity contribution is -0.116. The van der Waals surface area contributed by atoms with Crippen molar-refractivity contribution in [2.75, 3.05) is 4.90 Å². The Balaban J connectivity index is 1.76. The summed E-state index contributed by atoms with van der Waals surface area (Å²) < 4.78 is 0.667.